The predicted molar refractivity (Wildman–Crippen MR) is 72.7 cm³/mol. The molecule has 1 aromatic carbocycles. The van der Waals surface area contributed by atoms with Crippen molar-refractivity contribution in [1.82, 2.24) is 4.72 Å². The van der Waals surface area contributed by atoms with Crippen LogP contribution in [0.1, 0.15) is 24.8 Å². The highest BCUT2D eigenvalue weighted by molar-refractivity contribution is 7.89. The summed E-state index contributed by atoms with van der Waals surface area (Å²) in [5.74, 6) is 0.142. The van der Waals surface area contributed by atoms with Crippen molar-refractivity contribution in [2.75, 3.05) is 5.75 Å². The van der Waals surface area contributed by atoms with Gasteiger partial charge in [0, 0.05) is 12.1 Å². The van der Waals surface area contributed by atoms with Crippen molar-refractivity contribution in [3.05, 3.63) is 35.9 Å². The van der Waals surface area contributed by atoms with Gasteiger partial charge in [-0.05, 0) is 31.2 Å². The number of hydrogen-bond donors (Lipinski definition) is 2. The average Bonchev–Trinajstić information content (AvgIpc) is 2.73. The van der Waals surface area contributed by atoms with Crippen LogP contribution in [0, 0.1) is 0 Å². The van der Waals surface area contributed by atoms with Gasteiger partial charge in [-0.15, -0.1) is 0 Å². The smallest absolute Gasteiger partial charge is 0.212 e. The Hall–Kier alpha value is -0.910. The predicted octanol–water partition coefficient (Wildman–Crippen LogP) is 1.03. The molecule has 2 rings (SSSR count). The lowest BCUT2D eigenvalue weighted by molar-refractivity contribution is 0.548. The van der Waals surface area contributed by atoms with E-state index in [0.717, 1.165) is 24.8 Å². The fraction of sp³-hybridized carbons (Fsp3) is 0.538. The molecule has 0 bridgehead atoms. The van der Waals surface area contributed by atoms with Crippen LogP contribution in [0.15, 0.2) is 30.3 Å². The first-order chi connectivity index (χ1) is 8.55. The zero-order valence-electron chi connectivity index (χ0n) is 10.4. The first-order valence-corrected chi connectivity index (χ1v) is 8.00. The molecule has 4 nitrogen and oxygen atoms in total. The Morgan fingerprint density at radius 1 is 1.22 bits per heavy atom. The summed E-state index contributed by atoms with van der Waals surface area (Å²) >= 11 is 0. The number of rotatable bonds is 5. The van der Waals surface area contributed by atoms with Gasteiger partial charge < -0.3 is 5.73 Å². The average molecular weight is 268 g/mol. The van der Waals surface area contributed by atoms with Gasteiger partial charge in [0.15, 0.2) is 0 Å². The quantitative estimate of drug-likeness (QED) is 0.837. The number of nitrogens with one attached hydrogen (secondary N) is 1. The first kappa shape index (κ1) is 13.5. The standard InChI is InChI=1S/C13H20N2O2S/c14-12-6-7-13(10-12)15-18(16,17)9-8-11-4-2-1-3-5-11/h1-5,12-13,15H,6-10,14H2. The third-order valence-electron chi connectivity index (χ3n) is 3.32. The van der Waals surface area contributed by atoms with Crippen molar-refractivity contribution >= 4 is 10.0 Å². The number of nitrogens with two attached hydrogens (primary N) is 1. The van der Waals surface area contributed by atoms with Gasteiger partial charge in [-0.25, -0.2) is 13.1 Å². The Kier molecular flexibility index (Phi) is 4.37. The third-order valence-corrected chi connectivity index (χ3v) is 4.76. The van der Waals surface area contributed by atoms with E-state index in [9.17, 15) is 8.42 Å². The van der Waals surface area contributed by atoms with E-state index in [1.807, 2.05) is 30.3 Å². The Morgan fingerprint density at radius 2 is 1.94 bits per heavy atom. The fourth-order valence-electron chi connectivity index (χ4n) is 2.33. The number of hydrogen-bond acceptors (Lipinski definition) is 3. The van der Waals surface area contributed by atoms with E-state index in [2.05, 4.69) is 4.72 Å². The van der Waals surface area contributed by atoms with Gasteiger partial charge in [0.25, 0.3) is 0 Å². The lowest BCUT2D eigenvalue weighted by Crippen LogP contribution is -2.36. The second kappa shape index (κ2) is 5.82. The molecular formula is C13H20N2O2S. The van der Waals surface area contributed by atoms with Crippen LogP contribution in [0.2, 0.25) is 0 Å². The van der Waals surface area contributed by atoms with Crippen LogP contribution in [0.5, 0.6) is 0 Å². The van der Waals surface area contributed by atoms with Crippen LogP contribution in [0.3, 0.4) is 0 Å². The van der Waals surface area contributed by atoms with Crippen LogP contribution in [0.25, 0.3) is 0 Å². The molecule has 2 unspecified atom stereocenters. The monoisotopic (exact) mass is 268 g/mol. The number of sulfonamides is 1. The minimum Gasteiger partial charge on any atom is -0.328 e. The second-order valence-corrected chi connectivity index (χ2v) is 6.82. The van der Waals surface area contributed by atoms with Crippen molar-refractivity contribution in [3.63, 3.8) is 0 Å². The molecule has 5 heteroatoms. The highest BCUT2D eigenvalue weighted by atomic mass is 32.2. The molecule has 100 valence electrons. The summed E-state index contributed by atoms with van der Waals surface area (Å²) in [5, 5.41) is 0. The molecule has 1 fully saturated rings. The maximum Gasteiger partial charge on any atom is 0.212 e. The normalized spacial score (nSPS) is 24.3. The molecule has 1 aliphatic carbocycles. The topological polar surface area (TPSA) is 72.2 Å². The molecule has 0 aromatic heterocycles. The number of benzene rings is 1. The minimum absolute atomic E-state index is 0.0285. The summed E-state index contributed by atoms with van der Waals surface area (Å²) in [6.45, 7) is 0. The molecule has 2 atom stereocenters. The summed E-state index contributed by atoms with van der Waals surface area (Å²) < 4.78 is 26.6. The Balaban J connectivity index is 1.84. The maximum atomic E-state index is 11.9. The van der Waals surface area contributed by atoms with Crippen LogP contribution >= 0.6 is 0 Å². The lowest BCUT2D eigenvalue weighted by atomic mass is 10.2. The molecule has 0 amide bonds. The molecule has 18 heavy (non-hydrogen) atoms. The minimum atomic E-state index is -3.19. The van der Waals surface area contributed by atoms with Crippen molar-refractivity contribution in [3.8, 4) is 0 Å². The van der Waals surface area contributed by atoms with Crippen molar-refractivity contribution in [1.29, 1.82) is 0 Å². The highest BCUT2D eigenvalue weighted by Crippen LogP contribution is 2.18. The van der Waals surface area contributed by atoms with E-state index in [4.69, 9.17) is 5.73 Å². The molecule has 1 saturated carbocycles. The second-order valence-electron chi connectivity index (χ2n) is 4.94. The van der Waals surface area contributed by atoms with E-state index in [1.54, 1.807) is 0 Å². The molecule has 0 radical (unpaired) electrons. The van der Waals surface area contributed by atoms with E-state index in [0.29, 0.717) is 6.42 Å². The molecule has 1 aromatic rings. The van der Waals surface area contributed by atoms with Gasteiger partial charge in [-0.2, -0.15) is 0 Å². The van der Waals surface area contributed by atoms with E-state index in [1.165, 1.54) is 0 Å². The van der Waals surface area contributed by atoms with Crippen molar-refractivity contribution in [2.45, 2.75) is 37.8 Å². The van der Waals surface area contributed by atoms with E-state index < -0.39 is 10.0 Å². The van der Waals surface area contributed by atoms with Crippen LogP contribution in [-0.2, 0) is 16.4 Å². The molecule has 1 aliphatic rings. The summed E-state index contributed by atoms with van der Waals surface area (Å²) in [6, 6.07) is 9.84. The highest BCUT2D eigenvalue weighted by Gasteiger charge is 2.25. The molecular weight excluding hydrogens is 248 g/mol. The van der Waals surface area contributed by atoms with Crippen LogP contribution < -0.4 is 10.5 Å². The zero-order chi connectivity index (χ0) is 13.0. The number of aryl methyl sites for hydroxylation is 1. The van der Waals surface area contributed by atoms with Gasteiger partial charge in [0.1, 0.15) is 0 Å². The maximum absolute atomic E-state index is 11.9. The zero-order valence-corrected chi connectivity index (χ0v) is 11.2. The lowest BCUT2D eigenvalue weighted by Gasteiger charge is -2.12. The first-order valence-electron chi connectivity index (χ1n) is 6.35. The SMILES string of the molecule is NC1CCC(NS(=O)(=O)CCc2ccccc2)C1. The molecule has 3 N–H and O–H groups in total. The largest absolute Gasteiger partial charge is 0.328 e. The fourth-order valence-corrected chi connectivity index (χ4v) is 3.68. The van der Waals surface area contributed by atoms with Gasteiger partial charge in [-0.3, -0.25) is 0 Å². The van der Waals surface area contributed by atoms with Crippen molar-refractivity contribution in [2.24, 2.45) is 5.73 Å². The van der Waals surface area contributed by atoms with Gasteiger partial charge in [0.05, 0.1) is 5.75 Å². The van der Waals surface area contributed by atoms with Crippen LogP contribution in [-0.4, -0.2) is 26.3 Å². The van der Waals surface area contributed by atoms with Gasteiger partial charge >= 0.3 is 0 Å². The summed E-state index contributed by atoms with van der Waals surface area (Å²) in [6.07, 6.45) is 3.07. The molecule has 0 saturated heterocycles. The third kappa shape index (κ3) is 4.08. The Labute approximate surface area is 109 Å². The van der Waals surface area contributed by atoms with Crippen molar-refractivity contribution < 1.29 is 8.42 Å². The van der Waals surface area contributed by atoms with Crippen LogP contribution in [0.4, 0.5) is 0 Å². The van der Waals surface area contributed by atoms with Gasteiger partial charge in [-0.1, -0.05) is 30.3 Å². The molecule has 0 aliphatic heterocycles. The Bertz CT molecular complexity index is 473. The molecule has 0 heterocycles. The van der Waals surface area contributed by atoms with Gasteiger partial charge in [0.2, 0.25) is 10.0 Å². The summed E-state index contributed by atoms with van der Waals surface area (Å²) in [5.41, 5.74) is 6.82. The Morgan fingerprint density at radius 3 is 2.56 bits per heavy atom. The summed E-state index contributed by atoms with van der Waals surface area (Å²) in [7, 11) is -3.19. The van der Waals surface area contributed by atoms with E-state index >= 15 is 0 Å². The summed E-state index contributed by atoms with van der Waals surface area (Å²) in [4.78, 5) is 0. The molecule has 0 spiro atoms. The van der Waals surface area contributed by atoms with E-state index in [-0.39, 0.29) is 17.8 Å².